The van der Waals surface area contributed by atoms with Crippen molar-refractivity contribution in [2.45, 2.75) is 20.4 Å². The Morgan fingerprint density at radius 1 is 1.00 bits per heavy atom. The highest BCUT2D eigenvalue weighted by molar-refractivity contribution is 6.23. The number of Topliss-reactive ketones (excluding diaryl/α,β-unsaturated/α-hetero) is 1. The molecule has 0 saturated heterocycles. The van der Waals surface area contributed by atoms with Crippen LogP contribution in [0.2, 0.25) is 0 Å². The maximum Gasteiger partial charge on any atom is 0.326 e. The minimum absolute atomic E-state index is 0.000846. The predicted octanol–water partition coefficient (Wildman–Crippen LogP) is 3.76. The van der Waals surface area contributed by atoms with Crippen molar-refractivity contribution in [2.24, 2.45) is 5.92 Å². The van der Waals surface area contributed by atoms with Gasteiger partial charge < -0.3 is 4.74 Å². The number of benzene rings is 3. The first-order valence-corrected chi connectivity index (χ1v) is 10.1. The van der Waals surface area contributed by atoms with E-state index in [2.05, 4.69) is 0 Å². The second-order valence-corrected chi connectivity index (χ2v) is 7.40. The molecule has 0 bridgehead atoms. The number of carbonyl (C=O) groups excluding carboxylic acids is 4. The maximum atomic E-state index is 13.4. The van der Waals surface area contributed by atoms with Gasteiger partial charge in [0.05, 0.1) is 18.7 Å². The number of fused-ring (bicyclic) bond motifs is 2. The number of rotatable bonds is 5. The molecule has 0 radical (unpaired) electrons. The number of ether oxygens (including phenoxy) is 1. The molecule has 1 atom stereocenters. The highest BCUT2D eigenvalue weighted by Gasteiger charge is 2.43. The molecule has 0 fully saturated rings. The van der Waals surface area contributed by atoms with Crippen molar-refractivity contribution in [1.29, 1.82) is 0 Å². The summed E-state index contributed by atoms with van der Waals surface area (Å²) in [5, 5.41) is 1.83. The van der Waals surface area contributed by atoms with Gasteiger partial charge in [0.2, 0.25) is 0 Å². The molecule has 1 aliphatic rings. The van der Waals surface area contributed by atoms with E-state index in [9.17, 15) is 19.2 Å². The zero-order valence-corrected chi connectivity index (χ0v) is 17.3. The van der Waals surface area contributed by atoms with E-state index in [4.69, 9.17) is 4.74 Å². The Hall–Kier alpha value is -3.80. The number of ketones is 1. The minimum atomic E-state index is -1.65. The highest BCUT2D eigenvalue weighted by atomic mass is 16.5. The van der Waals surface area contributed by atoms with Crippen LogP contribution in [0, 0.1) is 5.92 Å². The largest absolute Gasteiger partial charge is 0.465 e. The Morgan fingerprint density at radius 3 is 2.35 bits per heavy atom. The Morgan fingerprint density at radius 2 is 1.68 bits per heavy atom. The molecule has 0 saturated carbocycles. The molecule has 0 spiro atoms. The molecular formula is C25H21NO5. The van der Waals surface area contributed by atoms with E-state index in [1.165, 1.54) is 0 Å². The van der Waals surface area contributed by atoms with E-state index in [1.807, 2.05) is 60.7 Å². The Labute approximate surface area is 179 Å². The molecule has 6 nitrogen and oxygen atoms in total. The molecule has 1 aliphatic heterocycles. The first-order valence-electron chi connectivity index (χ1n) is 10.1. The normalized spacial score (nSPS) is 13.7. The van der Waals surface area contributed by atoms with Crippen LogP contribution in [0.3, 0.4) is 0 Å². The van der Waals surface area contributed by atoms with Crippen LogP contribution in [-0.4, -0.2) is 35.1 Å². The molecule has 6 heteroatoms. The summed E-state index contributed by atoms with van der Waals surface area (Å²) in [7, 11) is 0. The third-order valence-electron chi connectivity index (χ3n) is 5.42. The van der Waals surface area contributed by atoms with Gasteiger partial charge in [0.1, 0.15) is 0 Å². The van der Waals surface area contributed by atoms with Crippen LogP contribution >= 0.6 is 0 Å². The summed E-state index contributed by atoms with van der Waals surface area (Å²) in [6.45, 7) is 2.78. The molecule has 3 aromatic rings. The molecular weight excluding hydrogens is 394 g/mol. The van der Waals surface area contributed by atoms with Crippen LogP contribution in [0.1, 0.15) is 29.8 Å². The lowest BCUT2D eigenvalue weighted by Gasteiger charge is -2.19. The minimum Gasteiger partial charge on any atom is -0.465 e. The molecule has 2 amide bonds. The van der Waals surface area contributed by atoms with Crippen LogP contribution in [0.25, 0.3) is 21.9 Å². The van der Waals surface area contributed by atoms with Crippen molar-refractivity contribution in [3.05, 3.63) is 71.8 Å². The van der Waals surface area contributed by atoms with Gasteiger partial charge in [-0.15, -0.1) is 0 Å². The first kappa shape index (κ1) is 20.5. The van der Waals surface area contributed by atoms with E-state index in [1.54, 1.807) is 6.92 Å². The third-order valence-corrected chi connectivity index (χ3v) is 5.42. The van der Waals surface area contributed by atoms with Crippen LogP contribution in [0.5, 0.6) is 0 Å². The van der Waals surface area contributed by atoms with Gasteiger partial charge in [0.15, 0.2) is 11.7 Å². The molecule has 3 aromatic carbocycles. The number of hydrogen-bond donors (Lipinski definition) is 0. The van der Waals surface area contributed by atoms with Crippen LogP contribution in [0.15, 0.2) is 60.7 Å². The van der Waals surface area contributed by atoms with E-state index in [-0.39, 0.29) is 13.2 Å². The Bertz CT molecular complexity index is 1220. The van der Waals surface area contributed by atoms with Gasteiger partial charge in [-0.25, -0.2) is 0 Å². The van der Waals surface area contributed by atoms with Crippen molar-refractivity contribution >= 4 is 34.3 Å². The number of hydrogen-bond acceptors (Lipinski definition) is 5. The van der Waals surface area contributed by atoms with Crippen molar-refractivity contribution in [1.82, 2.24) is 4.90 Å². The van der Waals surface area contributed by atoms with Gasteiger partial charge in [-0.05, 0) is 41.8 Å². The summed E-state index contributed by atoms with van der Waals surface area (Å²) in [6, 6.07) is 19.1. The quantitative estimate of drug-likeness (QED) is 0.468. The highest BCUT2D eigenvalue weighted by Crippen LogP contribution is 2.39. The van der Waals surface area contributed by atoms with Crippen molar-refractivity contribution in [2.75, 3.05) is 6.61 Å². The zero-order chi connectivity index (χ0) is 22.1. The van der Waals surface area contributed by atoms with Crippen molar-refractivity contribution in [3.63, 3.8) is 0 Å². The number of carbonyl (C=O) groups is 4. The summed E-state index contributed by atoms with van der Waals surface area (Å²) in [4.78, 5) is 51.8. The number of imide groups is 1. The summed E-state index contributed by atoms with van der Waals surface area (Å²) in [5.74, 6) is -4.60. The van der Waals surface area contributed by atoms with Crippen molar-refractivity contribution in [3.8, 4) is 11.1 Å². The fourth-order valence-corrected chi connectivity index (χ4v) is 4.06. The molecule has 1 heterocycles. The summed E-state index contributed by atoms with van der Waals surface area (Å²) in [6.07, 6.45) is 0. The fraction of sp³-hybridized carbons (Fsp3) is 0.200. The van der Waals surface area contributed by atoms with Gasteiger partial charge in [-0.1, -0.05) is 54.6 Å². The monoisotopic (exact) mass is 415 g/mol. The number of esters is 1. The SMILES string of the molecule is CCOC(=O)C(C(C)=O)C(=O)N1Cc2cc3ccccc3c(-c3ccccc3)c2C1=O. The van der Waals surface area contributed by atoms with E-state index in [0.29, 0.717) is 11.1 Å². The molecule has 4 rings (SSSR count). The second-order valence-electron chi connectivity index (χ2n) is 7.40. The average Bonchev–Trinajstić information content (AvgIpc) is 3.08. The van der Waals surface area contributed by atoms with E-state index >= 15 is 0 Å². The predicted molar refractivity (Wildman–Crippen MR) is 115 cm³/mol. The maximum absolute atomic E-state index is 13.4. The lowest BCUT2D eigenvalue weighted by Crippen LogP contribution is -2.43. The van der Waals surface area contributed by atoms with Gasteiger partial charge in [0, 0.05) is 5.56 Å². The summed E-state index contributed by atoms with van der Waals surface area (Å²) in [5.41, 5.74) is 2.70. The summed E-state index contributed by atoms with van der Waals surface area (Å²) >= 11 is 0. The third kappa shape index (κ3) is 3.50. The molecule has 0 N–H and O–H groups in total. The fourth-order valence-electron chi connectivity index (χ4n) is 4.06. The molecule has 0 aliphatic carbocycles. The van der Waals surface area contributed by atoms with Gasteiger partial charge >= 0.3 is 5.97 Å². The number of amides is 2. The molecule has 1 unspecified atom stereocenters. The zero-order valence-electron chi connectivity index (χ0n) is 17.3. The molecule has 31 heavy (non-hydrogen) atoms. The van der Waals surface area contributed by atoms with E-state index < -0.39 is 29.5 Å². The summed E-state index contributed by atoms with van der Waals surface area (Å²) < 4.78 is 4.90. The Balaban J connectivity index is 1.84. The Kier molecular flexibility index (Phi) is 5.38. The smallest absolute Gasteiger partial charge is 0.326 e. The standard InChI is InChI=1S/C25H21NO5/c1-3-31-25(30)20(15(2)27)23(28)26-14-18-13-17-11-7-8-12-19(17)21(22(18)24(26)29)16-9-5-4-6-10-16/h4-13,20H,3,14H2,1-2H3. The van der Waals surface area contributed by atoms with E-state index in [0.717, 1.165) is 33.7 Å². The first-order chi connectivity index (χ1) is 14.9. The van der Waals surface area contributed by atoms with Crippen molar-refractivity contribution < 1.29 is 23.9 Å². The van der Waals surface area contributed by atoms with Crippen LogP contribution < -0.4 is 0 Å². The lowest BCUT2D eigenvalue weighted by atomic mass is 9.91. The van der Waals surface area contributed by atoms with Crippen LogP contribution in [0.4, 0.5) is 0 Å². The van der Waals surface area contributed by atoms with Crippen LogP contribution in [-0.2, 0) is 25.7 Å². The van der Waals surface area contributed by atoms with Gasteiger partial charge in [-0.3, -0.25) is 24.1 Å². The second kappa shape index (κ2) is 8.14. The molecule has 156 valence electrons. The molecule has 0 aromatic heterocycles. The topological polar surface area (TPSA) is 80.8 Å². The average molecular weight is 415 g/mol. The van der Waals surface area contributed by atoms with Gasteiger partial charge in [-0.2, -0.15) is 0 Å². The lowest BCUT2D eigenvalue weighted by molar-refractivity contribution is -0.157. The number of nitrogens with zero attached hydrogens (tertiary/aromatic N) is 1. The van der Waals surface area contributed by atoms with Gasteiger partial charge in [0.25, 0.3) is 11.8 Å².